The average molecular weight is 312 g/mol. The second-order valence-corrected chi connectivity index (χ2v) is 6.46. The number of aliphatic hydroxyl groups is 1. The van der Waals surface area contributed by atoms with Crippen LogP contribution in [0, 0.1) is 0 Å². The maximum absolute atomic E-state index is 11.9. The van der Waals surface area contributed by atoms with Crippen LogP contribution in [-0.2, 0) is 10.0 Å². The fourth-order valence-electron chi connectivity index (χ4n) is 1.37. The molecule has 0 heterocycles. The summed E-state index contributed by atoms with van der Waals surface area (Å²) in [5, 5.41) is 9.28. The van der Waals surface area contributed by atoms with Crippen molar-refractivity contribution in [2.45, 2.75) is 30.8 Å². The number of hydrogen-bond donors (Lipinski definition) is 2. The molecule has 0 spiro atoms. The second kappa shape index (κ2) is 6.73. The number of aliphatic hydroxyl groups excluding tert-OH is 1. The van der Waals surface area contributed by atoms with Gasteiger partial charge in [0.05, 0.1) is 16.1 Å². The molecule has 0 aliphatic heterocycles. The van der Waals surface area contributed by atoms with Crippen molar-refractivity contribution in [3.63, 3.8) is 0 Å². The summed E-state index contributed by atoms with van der Waals surface area (Å²) < 4.78 is 26.3. The summed E-state index contributed by atoms with van der Waals surface area (Å²) in [5.74, 6) is 0. The fraction of sp³-hybridized carbons (Fsp3) is 0.455. The van der Waals surface area contributed by atoms with Crippen LogP contribution < -0.4 is 4.72 Å². The number of benzene rings is 1. The predicted molar refractivity (Wildman–Crippen MR) is 72.6 cm³/mol. The van der Waals surface area contributed by atoms with Crippen LogP contribution in [0.25, 0.3) is 0 Å². The van der Waals surface area contributed by atoms with Crippen LogP contribution in [0.4, 0.5) is 0 Å². The van der Waals surface area contributed by atoms with Crippen LogP contribution in [0.3, 0.4) is 0 Å². The first-order valence-electron chi connectivity index (χ1n) is 5.46. The molecule has 1 aromatic rings. The lowest BCUT2D eigenvalue weighted by Gasteiger charge is -2.09. The van der Waals surface area contributed by atoms with E-state index in [2.05, 4.69) is 4.72 Å². The molecule has 0 saturated heterocycles. The minimum atomic E-state index is -3.66. The van der Waals surface area contributed by atoms with E-state index in [9.17, 15) is 8.42 Å². The minimum absolute atomic E-state index is 0.0159. The third-order valence-electron chi connectivity index (χ3n) is 2.30. The molecule has 0 radical (unpaired) electrons. The summed E-state index contributed by atoms with van der Waals surface area (Å²) >= 11 is 11.6. The van der Waals surface area contributed by atoms with Crippen molar-refractivity contribution in [3.8, 4) is 0 Å². The number of hydrogen-bond acceptors (Lipinski definition) is 3. The predicted octanol–water partition coefficient (Wildman–Crippen LogP) is 2.43. The van der Waals surface area contributed by atoms with Gasteiger partial charge in [-0.2, -0.15) is 0 Å². The molecule has 1 rings (SSSR count). The van der Waals surface area contributed by atoms with Gasteiger partial charge >= 0.3 is 0 Å². The normalized spacial score (nSPS) is 13.6. The van der Waals surface area contributed by atoms with Crippen molar-refractivity contribution >= 4 is 33.2 Å². The largest absolute Gasteiger partial charge is 0.393 e. The van der Waals surface area contributed by atoms with Gasteiger partial charge in [0, 0.05) is 6.54 Å². The van der Waals surface area contributed by atoms with E-state index in [1.54, 1.807) is 6.92 Å². The molecule has 0 bridgehead atoms. The molecule has 2 N–H and O–H groups in total. The number of sulfonamides is 1. The van der Waals surface area contributed by atoms with E-state index in [1.165, 1.54) is 18.2 Å². The summed E-state index contributed by atoms with van der Waals surface area (Å²) in [7, 11) is -3.66. The van der Waals surface area contributed by atoms with Crippen LogP contribution in [-0.4, -0.2) is 26.2 Å². The monoisotopic (exact) mass is 311 g/mol. The highest BCUT2D eigenvalue weighted by Crippen LogP contribution is 2.28. The van der Waals surface area contributed by atoms with Crippen molar-refractivity contribution in [2.24, 2.45) is 0 Å². The SMILES string of the molecule is CC(O)CCCNS(=O)(=O)c1cccc(Cl)c1Cl. The van der Waals surface area contributed by atoms with E-state index in [0.29, 0.717) is 12.8 Å². The molecule has 4 nitrogen and oxygen atoms in total. The zero-order valence-corrected chi connectivity index (χ0v) is 12.2. The number of rotatable bonds is 6. The maximum atomic E-state index is 11.9. The van der Waals surface area contributed by atoms with Gasteiger partial charge in [0.15, 0.2) is 0 Å². The Morgan fingerprint density at radius 1 is 1.39 bits per heavy atom. The van der Waals surface area contributed by atoms with Gasteiger partial charge in [0.25, 0.3) is 0 Å². The van der Waals surface area contributed by atoms with Crippen LogP contribution >= 0.6 is 23.2 Å². The molecular formula is C11H15Cl2NO3S. The van der Waals surface area contributed by atoms with E-state index >= 15 is 0 Å². The second-order valence-electron chi connectivity index (χ2n) is 3.94. The molecule has 102 valence electrons. The quantitative estimate of drug-likeness (QED) is 0.793. The molecule has 1 atom stereocenters. The Kier molecular flexibility index (Phi) is 5.88. The molecule has 18 heavy (non-hydrogen) atoms. The van der Waals surface area contributed by atoms with Crippen molar-refractivity contribution < 1.29 is 13.5 Å². The van der Waals surface area contributed by atoms with Gasteiger partial charge in [-0.25, -0.2) is 13.1 Å². The average Bonchev–Trinajstić information content (AvgIpc) is 2.28. The summed E-state index contributed by atoms with van der Waals surface area (Å²) in [5.41, 5.74) is 0. The first kappa shape index (κ1) is 15.7. The molecule has 1 aromatic carbocycles. The molecular weight excluding hydrogens is 297 g/mol. The lowest BCUT2D eigenvalue weighted by atomic mass is 10.2. The van der Waals surface area contributed by atoms with Crippen molar-refractivity contribution in [2.75, 3.05) is 6.54 Å². The molecule has 0 amide bonds. The summed E-state index contributed by atoms with van der Waals surface area (Å²) in [6.07, 6.45) is 0.644. The zero-order valence-electron chi connectivity index (χ0n) is 9.86. The summed E-state index contributed by atoms with van der Waals surface area (Å²) in [4.78, 5) is -0.0336. The highest BCUT2D eigenvalue weighted by Gasteiger charge is 2.18. The van der Waals surface area contributed by atoms with Crippen LogP contribution in [0.5, 0.6) is 0 Å². The third kappa shape index (κ3) is 4.40. The maximum Gasteiger partial charge on any atom is 0.242 e. The van der Waals surface area contributed by atoms with Crippen molar-refractivity contribution in [1.29, 1.82) is 0 Å². The Balaban J connectivity index is 2.72. The molecule has 0 aliphatic carbocycles. The Hall–Kier alpha value is -0.330. The highest BCUT2D eigenvalue weighted by atomic mass is 35.5. The van der Waals surface area contributed by atoms with Crippen molar-refractivity contribution in [1.82, 2.24) is 4.72 Å². The first-order valence-corrected chi connectivity index (χ1v) is 7.70. The van der Waals surface area contributed by atoms with E-state index in [0.717, 1.165) is 0 Å². The Bertz CT molecular complexity index is 503. The standard InChI is InChI=1S/C11H15Cl2NO3S/c1-8(15)4-3-7-14-18(16,17)10-6-2-5-9(12)11(10)13/h2,5-6,8,14-15H,3-4,7H2,1H3. The van der Waals surface area contributed by atoms with E-state index in [4.69, 9.17) is 28.3 Å². The van der Waals surface area contributed by atoms with Gasteiger partial charge in [0.1, 0.15) is 4.90 Å². The summed E-state index contributed by atoms with van der Waals surface area (Å²) in [6, 6.07) is 4.44. The highest BCUT2D eigenvalue weighted by molar-refractivity contribution is 7.89. The topological polar surface area (TPSA) is 66.4 Å². The third-order valence-corrected chi connectivity index (χ3v) is 4.73. The van der Waals surface area contributed by atoms with Crippen LogP contribution in [0.2, 0.25) is 10.0 Å². The Morgan fingerprint density at radius 2 is 2.06 bits per heavy atom. The molecule has 7 heteroatoms. The van der Waals surface area contributed by atoms with Crippen LogP contribution in [0.1, 0.15) is 19.8 Å². The lowest BCUT2D eigenvalue weighted by Crippen LogP contribution is -2.25. The number of halogens is 2. The van der Waals surface area contributed by atoms with Gasteiger partial charge < -0.3 is 5.11 Å². The Labute approximate surface area is 117 Å². The fourth-order valence-corrected chi connectivity index (χ4v) is 3.21. The van der Waals surface area contributed by atoms with Gasteiger partial charge in [-0.3, -0.25) is 0 Å². The Morgan fingerprint density at radius 3 is 2.67 bits per heavy atom. The molecule has 0 saturated carbocycles. The number of nitrogens with one attached hydrogen (secondary N) is 1. The van der Waals surface area contributed by atoms with Gasteiger partial charge in [-0.15, -0.1) is 0 Å². The van der Waals surface area contributed by atoms with Crippen LogP contribution in [0.15, 0.2) is 23.1 Å². The van der Waals surface area contributed by atoms with Crippen molar-refractivity contribution in [3.05, 3.63) is 28.2 Å². The molecule has 0 aromatic heterocycles. The van der Waals surface area contributed by atoms with Gasteiger partial charge in [-0.1, -0.05) is 29.3 Å². The van der Waals surface area contributed by atoms with Gasteiger partial charge in [-0.05, 0) is 31.9 Å². The van der Waals surface area contributed by atoms with E-state index in [1.807, 2.05) is 0 Å². The van der Waals surface area contributed by atoms with E-state index in [-0.39, 0.29) is 21.5 Å². The molecule has 0 aliphatic rings. The smallest absolute Gasteiger partial charge is 0.242 e. The summed E-state index contributed by atoms with van der Waals surface area (Å²) in [6.45, 7) is 1.90. The first-order chi connectivity index (χ1) is 8.34. The molecule has 1 unspecified atom stereocenters. The lowest BCUT2D eigenvalue weighted by molar-refractivity contribution is 0.182. The zero-order chi connectivity index (χ0) is 13.8. The minimum Gasteiger partial charge on any atom is -0.393 e. The van der Waals surface area contributed by atoms with E-state index < -0.39 is 16.1 Å². The molecule has 0 fully saturated rings. The van der Waals surface area contributed by atoms with Gasteiger partial charge in [0.2, 0.25) is 10.0 Å².